The fourth-order valence-corrected chi connectivity index (χ4v) is 2.09. The molecule has 1 aliphatic rings. The first kappa shape index (κ1) is 13.3. The van der Waals surface area contributed by atoms with Crippen molar-refractivity contribution in [2.45, 2.75) is 39.0 Å². The summed E-state index contributed by atoms with van der Waals surface area (Å²) in [5, 5.41) is 0. The lowest BCUT2D eigenvalue weighted by Crippen LogP contribution is -2.24. The number of hydrogen-bond acceptors (Lipinski definition) is 2. The van der Waals surface area contributed by atoms with Crippen LogP contribution >= 0.6 is 0 Å². The van der Waals surface area contributed by atoms with Gasteiger partial charge in [0.05, 0.1) is 6.10 Å². The van der Waals surface area contributed by atoms with Gasteiger partial charge in [0.25, 0.3) is 0 Å². The van der Waals surface area contributed by atoms with Crippen molar-refractivity contribution >= 4 is 0 Å². The summed E-state index contributed by atoms with van der Waals surface area (Å²) in [6, 6.07) is 7.34. The molecule has 18 heavy (non-hydrogen) atoms. The number of ether oxygens (including phenoxy) is 1. The molecule has 0 bridgehead atoms. The Labute approximate surface area is 108 Å². The first-order chi connectivity index (χ1) is 8.61. The summed E-state index contributed by atoms with van der Waals surface area (Å²) in [5.41, 5.74) is 6.35. The number of hydrogen-bond donors (Lipinski definition) is 1. The summed E-state index contributed by atoms with van der Waals surface area (Å²) in [6.45, 7) is 4.39. The van der Waals surface area contributed by atoms with E-state index in [9.17, 15) is 4.39 Å². The zero-order valence-corrected chi connectivity index (χ0v) is 11.1. The molecule has 3 heteroatoms. The highest BCUT2D eigenvalue weighted by molar-refractivity contribution is 5.29. The summed E-state index contributed by atoms with van der Waals surface area (Å²) in [5.74, 6) is 0.954. The van der Waals surface area contributed by atoms with Crippen LogP contribution in [0, 0.1) is 11.8 Å². The van der Waals surface area contributed by atoms with E-state index < -0.39 is 6.17 Å². The van der Waals surface area contributed by atoms with Crippen molar-refractivity contribution in [3.8, 4) is 5.75 Å². The van der Waals surface area contributed by atoms with Crippen LogP contribution in [0.4, 0.5) is 4.39 Å². The average Bonchev–Trinajstić information content (AvgIpc) is 3.14. The number of rotatable bonds is 6. The minimum atomic E-state index is -0.995. The summed E-state index contributed by atoms with van der Waals surface area (Å²) >= 11 is 0. The largest absolute Gasteiger partial charge is 0.490 e. The summed E-state index contributed by atoms with van der Waals surface area (Å²) < 4.78 is 20.0. The van der Waals surface area contributed by atoms with Gasteiger partial charge in [-0.15, -0.1) is 0 Å². The molecule has 2 nitrogen and oxygen atoms in total. The Balaban J connectivity index is 2.02. The van der Waals surface area contributed by atoms with E-state index in [0.29, 0.717) is 18.2 Å². The van der Waals surface area contributed by atoms with Crippen molar-refractivity contribution < 1.29 is 9.13 Å². The smallest absolute Gasteiger partial charge is 0.129 e. The van der Waals surface area contributed by atoms with Crippen LogP contribution in [-0.2, 0) is 0 Å². The van der Waals surface area contributed by atoms with Gasteiger partial charge >= 0.3 is 0 Å². The minimum absolute atomic E-state index is 0.125. The molecule has 1 aromatic carbocycles. The second kappa shape index (κ2) is 5.70. The van der Waals surface area contributed by atoms with Crippen LogP contribution < -0.4 is 10.5 Å². The van der Waals surface area contributed by atoms with Gasteiger partial charge in [0.2, 0.25) is 0 Å². The van der Waals surface area contributed by atoms with Crippen LogP contribution in [0.3, 0.4) is 0 Å². The Morgan fingerprint density at radius 3 is 2.33 bits per heavy atom. The summed E-state index contributed by atoms with van der Waals surface area (Å²) in [6.07, 6.45) is 1.65. The van der Waals surface area contributed by atoms with Gasteiger partial charge < -0.3 is 10.5 Å². The lowest BCUT2D eigenvalue weighted by atomic mass is 9.87. The van der Waals surface area contributed by atoms with E-state index in [0.717, 1.165) is 18.6 Å². The molecule has 1 fully saturated rings. The third-order valence-corrected chi connectivity index (χ3v) is 3.53. The van der Waals surface area contributed by atoms with E-state index in [1.807, 2.05) is 38.1 Å². The molecule has 0 amide bonds. The zero-order valence-electron chi connectivity index (χ0n) is 11.1. The molecule has 0 aromatic heterocycles. The predicted molar refractivity (Wildman–Crippen MR) is 71.3 cm³/mol. The standard InChI is InChI=1S/C15H22FNO/c1-10(2)14(9-17)15(16)11-3-5-12(6-4-11)18-13-7-8-13/h3-6,10,13-15H,7-9,17H2,1-2H3. The van der Waals surface area contributed by atoms with Crippen molar-refractivity contribution in [2.75, 3.05) is 6.54 Å². The third-order valence-electron chi connectivity index (χ3n) is 3.53. The van der Waals surface area contributed by atoms with Crippen molar-refractivity contribution in [3.05, 3.63) is 29.8 Å². The molecule has 0 spiro atoms. The highest BCUT2D eigenvalue weighted by Gasteiger charge is 2.25. The normalized spacial score (nSPS) is 18.7. The van der Waals surface area contributed by atoms with Crippen LogP contribution in [-0.4, -0.2) is 12.6 Å². The molecule has 2 atom stereocenters. The van der Waals surface area contributed by atoms with Crippen molar-refractivity contribution in [1.29, 1.82) is 0 Å². The molecule has 0 aliphatic heterocycles. The second-order valence-electron chi connectivity index (χ2n) is 5.43. The Hall–Kier alpha value is -1.09. The highest BCUT2D eigenvalue weighted by atomic mass is 19.1. The lowest BCUT2D eigenvalue weighted by Gasteiger charge is -2.23. The highest BCUT2D eigenvalue weighted by Crippen LogP contribution is 2.33. The molecular formula is C15H22FNO. The van der Waals surface area contributed by atoms with E-state index in [1.165, 1.54) is 0 Å². The monoisotopic (exact) mass is 251 g/mol. The molecule has 0 radical (unpaired) electrons. The summed E-state index contributed by atoms with van der Waals surface area (Å²) in [7, 11) is 0. The van der Waals surface area contributed by atoms with Gasteiger partial charge in [-0.3, -0.25) is 0 Å². The number of halogens is 1. The maximum absolute atomic E-state index is 14.3. The van der Waals surface area contributed by atoms with E-state index >= 15 is 0 Å². The van der Waals surface area contributed by atoms with Crippen molar-refractivity contribution in [2.24, 2.45) is 17.6 Å². The molecule has 0 heterocycles. The van der Waals surface area contributed by atoms with Gasteiger partial charge in [-0.1, -0.05) is 26.0 Å². The zero-order chi connectivity index (χ0) is 13.1. The topological polar surface area (TPSA) is 35.2 Å². The molecule has 2 N–H and O–H groups in total. The van der Waals surface area contributed by atoms with Gasteiger partial charge in [0, 0.05) is 5.92 Å². The summed E-state index contributed by atoms with van der Waals surface area (Å²) in [4.78, 5) is 0. The molecule has 0 saturated heterocycles. The van der Waals surface area contributed by atoms with E-state index in [4.69, 9.17) is 10.5 Å². The molecule has 1 saturated carbocycles. The lowest BCUT2D eigenvalue weighted by molar-refractivity contribution is 0.188. The number of nitrogens with two attached hydrogens (primary N) is 1. The van der Waals surface area contributed by atoms with Gasteiger partial charge in [-0.2, -0.15) is 0 Å². The Morgan fingerprint density at radius 2 is 1.89 bits per heavy atom. The molecular weight excluding hydrogens is 229 g/mol. The van der Waals surface area contributed by atoms with Crippen LogP contribution in [0.5, 0.6) is 5.75 Å². The molecule has 1 aliphatic carbocycles. The minimum Gasteiger partial charge on any atom is -0.490 e. The van der Waals surface area contributed by atoms with Crippen LogP contribution in [0.15, 0.2) is 24.3 Å². The fourth-order valence-electron chi connectivity index (χ4n) is 2.09. The van der Waals surface area contributed by atoms with Gasteiger partial charge in [-0.25, -0.2) is 4.39 Å². The van der Waals surface area contributed by atoms with E-state index in [2.05, 4.69) is 0 Å². The molecule has 2 unspecified atom stereocenters. The van der Waals surface area contributed by atoms with Crippen molar-refractivity contribution in [1.82, 2.24) is 0 Å². The average molecular weight is 251 g/mol. The Kier molecular flexibility index (Phi) is 4.23. The Morgan fingerprint density at radius 1 is 1.28 bits per heavy atom. The number of alkyl halides is 1. The van der Waals surface area contributed by atoms with Gasteiger partial charge in [-0.05, 0) is 43.0 Å². The van der Waals surface area contributed by atoms with Crippen LogP contribution in [0.1, 0.15) is 38.4 Å². The third kappa shape index (κ3) is 3.22. The van der Waals surface area contributed by atoms with Crippen LogP contribution in [0.2, 0.25) is 0 Å². The first-order valence-corrected chi connectivity index (χ1v) is 6.72. The number of benzene rings is 1. The van der Waals surface area contributed by atoms with Crippen LogP contribution in [0.25, 0.3) is 0 Å². The second-order valence-corrected chi connectivity index (χ2v) is 5.43. The molecule has 1 aromatic rings. The maximum Gasteiger partial charge on any atom is 0.129 e. The Bertz CT molecular complexity index is 373. The predicted octanol–water partition coefficient (Wildman–Crippen LogP) is 3.47. The maximum atomic E-state index is 14.3. The van der Waals surface area contributed by atoms with Crippen molar-refractivity contribution in [3.63, 3.8) is 0 Å². The van der Waals surface area contributed by atoms with Gasteiger partial charge in [0.15, 0.2) is 0 Å². The first-order valence-electron chi connectivity index (χ1n) is 6.72. The van der Waals surface area contributed by atoms with E-state index in [-0.39, 0.29) is 11.8 Å². The van der Waals surface area contributed by atoms with Gasteiger partial charge in [0.1, 0.15) is 11.9 Å². The van der Waals surface area contributed by atoms with E-state index in [1.54, 1.807) is 0 Å². The quantitative estimate of drug-likeness (QED) is 0.840. The fraction of sp³-hybridized carbons (Fsp3) is 0.600. The molecule has 100 valence electrons. The SMILES string of the molecule is CC(C)C(CN)C(F)c1ccc(OC2CC2)cc1. The molecule has 2 rings (SSSR count).